The van der Waals surface area contributed by atoms with E-state index in [1.807, 2.05) is 17.8 Å². The van der Waals surface area contributed by atoms with E-state index in [1.165, 1.54) is 0 Å². The molecular weight excluding hydrogens is 338 g/mol. The Morgan fingerprint density at radius 2 is 2.21 bits per heavy atom. The van der Waals surface area contributed by atoms with Gasteiger partial charge in [-0.25, -0.2) is 9.97 Å². The fraction of sp³-hybridized carbons (Fsp3) is 0.278. The first kappa shape index (κ1) is 15.6. The van der Waals surface area contributed by atoms with Crippen molar-refractivity contribution in [1.82, 2.24) is 15.0 Å². The third-order valence-corrected chi connectivity index (χ3v) is 6.10. The Bertz CT molecular complexity index is 857. The number of thiazole rings is 1. The van der Waals surface area contributed by atoms with Crippen LogP contribution < -0.4 is 0 Å². The summed E-state index contributed by atoms with van der Waals surface area (Å²) in [6.45, 7) is 2.15. The largest absolute Gasteiger partial charge is 0.348 e. The van der Waals surface area contributed by atoms with Gasteiger partial charge in [0.1, 0.15) is 10.8 Å². The molecule has 0 saturated heterocycles. The van der Waals surface area contributed by atoms with E-state index >= 15 is 0 Å². The van der Waals surface area contributed by atoms with Crippen LogP contribution >= 0.6 is 23.1 Å². The maximum absolute atomic E-state index is 12.7. The van der Waals surface area contributed by atoms with Crippen LogP contribution in [0.2, 0.25) is 0 Å². The van der Waals surface area contributed by atoms with Crippen molar-refractivity contribution in [2.24, 2.45) is 5.92 Å². The van der Waals surface area contributed by atoms with Crippen LogP contribution in [0.25, 0.3) is 10.6 Å². The Morgan fingerprint density at radius 1 is 1.29 bits per heavy atom. The summed E-state index contributed by atoms with van der Waals surface area (Å²) in [7, 11) is 0. The molecule has 2 aromatic heterocycles. The highest BCUT2D eigenvalue weighted by Gasteiger charge is 2.28. The van der Waals surface area contributed by atoms with Crippen molar-refractivity contribution in [2.45, 2.75) is 30.4 Å². The summed E-state index contributed by atoms with van der Waals surface area (Å²) >= 11 is 3.30. The number of hydrogen-bond donors (Lipinski definition) is 1. The van der Waals surface area contributed by atoms with Gasteiger partial charge in [-0.15, -0.1) is 23.1 Å². The second-order valence-corrected chi connectivity index (χ2v) is 7.97. The Morgan fingerprint density at radius 3 is 2.96 bits per heavy atom. The number of rotatable bonds is 4. The molecule has 1 unspecified atom stereocenters. The monoisotopic (exact) mass is 355 g/mol. The van der Waals surface area contributed by atoms with Gasteiger partial charge in [0.2, 0.25) is 0 Å². The molecule has 0 spiro atoms. The molecule has 6 heteroatoms. The van der Waals surface area contributed by atoms with Gasteiger partial charge in [0.15, 0.2) is 5.78 Å². The van der Waals surface area contributed by atoms with E-state index in [0.29, 0.717) is 12.3 Å². The van der Waals surface area contributed by atoms with Crippen LogP contribution in [0.5, 0.6) is 0 Å². The van der Waals surface area contributed by atoms with E-state index in [0.717, 1.165) is 44.6 Å². The number of imidazole rings is 1. The molecule has 122 valence electrons. The van der Waals surface area contributed by atoms with Crippen molar-refractivity contribution in [2.75, 3.05) is 0 Å². The molecule has 1 atom stereocenters. The van der Waals surface area contributed by atoms with Gasteiger partial charge in [-0.2, -0.15) is 0 Å². The van der Waals surface area contributed by atoms with Crippen molar-refractivity contribution >= 4 is 28.9 Å². The molecule has 1 aromatic carbocycles. The number of fused-ring (bicyclic) bond motifs is 1. The summed E-state index contributed by atoms with van der Waals surface area (Å²) < 4.78 is 0. The van der Waals surface area contributed by atoms with Gasteiger partial charge in [-0.3, -0.25) is 4.79 Å². The minimum atomic E-state index is 0.254. The highest BCUT2D eigenvalue weighted by atomic mass is 32.2. The number of Topliss-reactive ketones (excluding diaryl/α,β-unsaturated/α-hetero) is 1. The molecule has 1 aliphatic carbocycles. The minimum absolute atomic E-state index is 0.254. The fourth-order valence-corrected chi connectivity index (χ4v) is 4.87. The van der Waals surface area contributed by atoms with Gasteiger partial charge >= 0.3 is 0 Å². The highest BCUT2D eigenvalue weighted by Crippen LogP contribution is 2.40. The molecule has 0 amide bonds. The van der Waals surface area contributed by atoms with Crippen molar-refractivity contribution in [1.29, 1.82) is 0 Å². The summed E-state index contributed by atoms with van der Waals surface area (Å²) in [5, 5.41) is 2.98. The maximum Gasteiger partial charge on any atom is 0.164 e. The van der Waals surface area contributed by atoms with Gasteiger partial charge in [0.05, 0.1) is 5.75 Å². The molecule has 24 heavy (non-hydrogen) atoms. The third-order valence-electron chi connectivity index (χ3n) is 4.22. The summed E-state index contributed by atoms with van der Waals surface area (Å²) in [6, 6.07) is 4.19. The van der Waals surface area contributed by atoms with E-state index in [1.54, 1.807) is 29.3 Å². The van der Waals surface area contributed by atoms with Crippen LogP contribution in [0, 0.1) is 5.92 Å². The number of carbonyl (C=O) groups is 1. The molecular formula is C18H17N3OS2. The van der Waals surface area contributed by atoms with E-state index < -0.39 is 0 Å². The Hall–Kier alpha value is -1.92. The van der Waals surface area contributed by atoms with Crippen LogP contribution in [0.4, 0.5) is 0 Å². The quantitative estimate of drug-likeness (QED) is 0.695. The van der Waals surface area contributed by atoms with Gasteiger partial charge in [-0.1, -0.05) is 13.0 Å². The molecule has 0 saturated carbocycles. The maximum atomic E-state index is 12.7. The predicted octanol–water partition coefficient (Wildman–Crippen LogP) is 4.59. The standard InChI is InChI=1S/C18H17N3OS2/c1-11-8-13-12(18-21-6-7-23-18)2-3-15(17(13)14(22)9-11)24-10-16-19-4-5-20-16/h2-7,11H,8-10H2,1H3,(H,19,20). The number of aromatic nitrogens is 3. The lowest BCUT2D eigenvalue weighted by Gasteiger charge is -2.24. The number of H-pyrrole nitrogens is 1. The second kappa shape index (κ2) is 6.53. The van der Waals surface area contributed by atoms with Crippen molar-refractivity contribution in [3.8, 4) is 10.6 Å². The van der Waals surface area contributed by atoms with Gasteiger partial charge < -0.3 is 4.98 Å². The molecule has 1 N–H and O–H groups in total. The molecule has 0 fully saturated rings. The SMILES string of the molecule is CC1CC(=O)c2c(SCc3ncc[nH]3)ccc(-c3nccs3)c2C1. The van der Waals surface area contributed by atoms with E-state index in [4.69, 9.17) is 0 Å². The number of ketones is 1. The number of hydrogen-bond acceptors (Lipinski definition) is 5. The number of nitrogens with zero attached hydrogens (tertiary/aromatic N) is 2. The molecule has 4 nitrogen and oxygen atoms in total. The summed E-state index contributed by atoms with van der Waals surface area (Å²) in [4.78, 5) is 25.6. The number of benzene rings is 1. The van der Waals surface area contributed by atoms with Crippen LogP contribution in [0.15, 0.2) is 41.0 Å². The molecule has 1 aliphatic rings. The third kappa shape index (κ3) is 2.91. The first-order valence-corrected chi connectivity index (χ1v) is 9.79. The van der Waals surface area contributed by atoms with Crippen LogP contribution in [0.3, 0.4) is 0 Å². The average molecular weight is 355 g/mol. The Kier molecular flexibility index (Phi) is 4.24. The molecule has 0 aliphatic heterocycles. The Balaban J connectivity index is 1.75. The van der Waals surface area contributed by atoms with Crippen LogP contribution in [-0.2, 0) is 12.2 Å². The molecule has 0 radical (unpaired) electrons. The summed E-state index contributed by atoms with van der Waals surface area (Å²) in [5.41, 5.74) is 3.18. The highest BCUT2D eigenvalue weighted by molar-refractivity contribution is 7.98. The van der Waals surface area contributed by atoms with E-state index in [2.05, 4.69) is 34.0 Å². The predicted molar refractivity (Wildman–Crippen MR) is 97.5 cm³/mol. The number of carbonyl (C=O) groups excluding carboxylic acids is 1. The Labute approximate surface area is 148 Å². The van der Waals surface area contributed by atoms with Crippen molar-refractivity contribution in [3.05, 3.63) is 53.1 Å². The number of thioether (sulfide) groups is 1. The molecule has 4 rings (SSSR count). The molecule has 0 bridgehead atoms. The zero-order valence-electron chi connectivity index (χ0n) is 13.3. The summed E-state index contributed by atoms with van der Waals surface area (Å²) in [5.74, 6) is 2.30. The van der Waals surface area contributed by atoms with Crippen molar-refractivity contribution in [3.63, 3.8) is 0 Å². The number of aromatic amines is 1. The molecule has 2 heterocycles. The lowest BCUT2D eigenvalue weighted by atomic mass is 9.82. The first-order chi connectivity index (χ1) is 11.7. The number of nitrogens with one attached hydrogen (secondary N) is 1. The van der Waals surface area contributed by atoms with Crippen LogP contribution in [0.1, 0.15) is 35.1 Å². The fourth-order valence-electron chi connectivity index (χ4n) is 3.18. The lowest BCUT2D eigenvalue weighted by Crippen LogP contribution is -2.20. The lowest BCUT2D eigenvalue weighted by molar-refractivity contribution is 0.0950. The summed E-state index contributed by atoms with van der Waals surface area (Å²) in [6.07, 6.45) is 6.96. The van der Waals surface area contributed by atoms with Crippen LogP contribution in [-0.4, -0.2) is 20.7 Å². The van der Waals surface area contributed by atoms with Crippen molar-refractivity contribution < 1.29 is 4.79 Å². The van der Waals surface area contributed by atoms with Gasteiger partial charge in [-0.05, 0) is 24.0 Å². The molecule has 3 aromatic rings. The van der Waals surface area contributed by atoms with Gasteiger partial charge in [0.25, 0.3) is 0 Å². The second-order valence-electron chi connectivity index (χ2n) is 6.06. The van der Waals surface area contributed by atoms with E-state index in [9.17, 15) is 4.79 Å². The topological polar surface area (TPSA) is 58.6 Å². The average Bonchev–Trinajstić information content (AvgIpc) is 3.26. The minimum Gasteiger partial charge on any atom is -0.348 e. The normalized spacial score (nSPS) is 17.0. The zero-order valence-corrected chi connectivity index (χ0v) is 14.9. The van der Waals surface area contributed by atoms with Gasteiger partial charge in [0, 0.05) is 46.4 Å². The first-order valence-electron chi connectivity index (χ1n) is 7.92. The smallest absolute Gasteiger partial charge is 0.164 e. The van der Waals surface area contributed by atoms with E-state index in [-0.39, 0.29) is 5.78 Å². The zero-order chi connectivity index (χ0) is 16.5.